The highest BCUT2D eigenvalue weighted by atomic mass is 16.5. The third-order valence-corrected chi connectivity index (χ3v) is 2.77. The fourth-order valence-corrected chi connectivity index (χ4v) is 1.78. The fourth-order valence-electron chi connectivity index (χ4n) is 1.78. The fraction of sp³-hybridized carbons (Fsp3) is 1.00. The van der Waals surface area contributed by atoms with Crippen molar-refractivity contribution in [2.24, 2.45) is 0 Å². The summed E-state index contributed by atoms with van der Waals surface area (Å²) in [7, 11) is 0. The molecule has 2 heterocycles. The molecule has 0 unspecified atom stereocenters. The van der Waals surface area contributed by atoms with Crippen molar-refractivity contribution in [1.82, 2.24) is 20.9 Å². The van der Waals surface area contributed by atoms with Crippen molar-refractivity contribution in [2.75, 3.05) is 52.4 Å². The number of nitrogens with zero attached hydrogens (tertiary/aromatic N) is 1. The molecule has 0 radical (unpaired) electrons. The Morgan fingerprint density at radius 3 is 1.88 bits per heavy atom. The molecule has 0 aromatic carbocycles. The van der Waals surface area contributed by atoms with Gasteiger partial charge in [0.2, 0.25) is 5.91 Å². The van der Waals surface area contributed by atoms with E-state index in [0.29, 0.717) is 13.1 Å². The maximum Gasteiger partial charge on any atom is 0.238 e. The molecule has 16 heavy (non-hydrogen) atoms. The van der Waals surface area contributed by atoms with Crippen LogP contribution >= 0.6 is 0 Å². The van der Waals surface area contributed by atoms with E-state index in [9.17, 15) is 10.2 Å². The first-order chi connectivity index (χ1) is 7.67. The van der Waals surface area contributed by atoms with Crippen LogP contribution in [0.25, 0.3) is 0 Å². The maximum atomic E-state index is 9.25. The molecule has 0 aromatic heterocycles. The number of β-amino-alcohol motifs (C(OH)–C–C–N with tert-alkyl or cyclic N) is 2. The first-order valence-corrected chi connectivity index (χ1v) is 5.99. The summed E-state index contributed by atoms with van der Waals surface area (Å²) in [6.45, 7) is 8.91. The summed E-state index contributed by atoms with van der Waals surface area (Å²) in [6, 6.07) is 0. The predicted octanol–water partition coefficient (Wildman–Crippen LogP) is -2.27. The number of rotatable bonds is 1. The minimum atomic E-state index is -1.63. The van der Waals surface area contributed by atoms with E-state index in [-0.39, 0.29) is 6.54 Å². The Hall–Kier alpha value is -0.240. The molecule has 2 saturated heterocycles. The first-order valence-electron chi connectivity index (χ1n) is 5.99. The van der Waals surface area contributed by atoms with E-state index >= 15 is 0 Å². The predicted molar refractivity (Wildman–Crippen MR) is 63.0 cm³/mol. The quantitative estimate of drug-likeness (QED) is 0.328. The van der Waals surface area contributed by atoms with Gasteiger partial charge in [0, 0.05) is 45.8 Å². The lowest BCUT2D eigenvalue weighted by Crippen LogP contribution is -2.61. The molecule has 0 bridgehead atoms. The van der Waals surface area contributed by atoms with Gasteiger partial charge in [0.05, 0.1) is 6.54 Å². The summed E-state index contributed by atoms with van der Waals surface area (Å²) in [4.78, 5) is 1.63. The minimum Gasteiger partial charge on any atom is -0.352 e. The lowest BCUT2D eigenvalue weighted by molar-refractivity contribution is -0.267. The molecular weight excluding hydrogens is 208 g/mol. The molecular formula is C10H24N4O2. The molecule has 2 aliphatic rings. The molecule has 2 fully saturated rings. The van der Waals surface area contributed by atoms with Crippen LogP contribution in [-0.2, 0) is 0 Å². The maximum absolute atomic E-state index is 9.25. The average molecular weight is 232 g/mol. The summed E-state index contributed by atoms with van der Waals surface area (Å²) >= 11 is 0. The van der Waals surface area contributed by atoms with Crippen molar-refractivity contribution in [1.29, 1.82) is 0 Å². The average Bonchev–Trinajstić information content (AvgIpc) is 2.32. The molecule has 5 N–H and O–H groups in total. The highest BCUT2D eigenvalue weighted by molar-refractivity contribution is 4.75. The van der Waals surface area contributed by atoms with Gasteiger partial charge >= 0.3 is 0 Å². The molecule has 6 heteroatoms. The third-order valence-electron chi connectivity index (χ3n) is 2.77. The second-order valence-electron chi connectivity index (χ2n) is 4.03. The molecule has 6 nitrogen and oxygen atoms in total. The van der Waals surface area contributed by atoms with Gasteiger partial charge in [-0.1, -0.05) is 6.92 Å². The molecule has 0 atom stereocenters. The lowest BCUT2D eigenvalue weighted by Gasteiger charge is -2.38. The molecule has 0 spiro atoms. The molecule has 0 aromatic rings. The van der Waals surface area contributed by atoms with Crippen molar-refractivity contribution in [3.05, 3.63) is 0 Å². The Balaban J connectivity index is 0.000000181. The van der Waals surface area contributed by atoms with Crippen molar-refractivity contribution < 1.29 is 10.2 Å². The minimum absolute atomic E-state index is 0.237. The molecule has 0 saturated carbocycles. The monoisotopic (exact) mass is 232 g/mol. The van der Waals surface area contributed by atoms with Gasteiger partial charge < -0.3 is 26.2 Å². The zero-order valence-electron chi connectivity index (χ0n) is 10.00. The van der Waals surface area contributed by atoms with E-state index in [1.54, 1.807) is 4.90 Å². The number of likely N-dealkylation sites (N-methyl/N-ethyl adjacent to an activating group) is 1. The molecule has 0 aliphatic carbocycles. The summed E-state index contributed by atoms with van der Waals surface area (Å²) in [5.74, 6) is -1.63. The summed E-state index contributed by atoms with van der Waals surface area (Å²) < 4.78 is 0. The SMILES string of the molecule is C1CNCCN1.CCN1CCNCC1(O)O. The Kier molecular flexibility index (Phi) is 6.18. The van der Waals surface area contributed by atoms with Gasteiger partial charge in [0.25, 0.3) is 0 Å². The number of piperazine rings is 2. The van der Waals surface area contributed by atoms with Crippen LogP contribution in [0.2, 0.25) is 0 Å². The number of hydrogen-bond acceptors (Lipinski definition) is 6. The first kappa shape index (κ1) is 13.8. The van der Waals surface area contributed by atoms with Crippen molar-refractivity contribution in [2.45, 2.75) is 12.8 Å². The van der Waals surface area contributed by atoms with Gasteiger partial charge in [-0.3, -0.25) is 4.90 Å². The largest absolute Gasteiger partial charge is 0.352 e. The number of aliphatic hydroxyl groups is 2. The standard InChI is InChI=1S/C6H14N2O2.C4H10N2/c1-2-8-4-3-7-5-6(8,9)10;1-2-6-4-3-5-1/h7,9-10H,2-5H2,1H3;5-6H,1-4H2. The Morgan fingerprint density at radius 1 is 1.00 bits per heavy atom. The van der Waals surface area contributed by atoms with Crippen LogP contribution in [0.4, 0.5) is 0 Å². The van der Waals surface area contributed by atoms with Crippen molar-refractivity contribution in [3.8, 4) is 0 Å². The highest BCUT2D eigenvalue weighted by Gasteiger charge is 2.32. The van der Waals surface area contributed by atoms with Gasteiger partial charge in [-0.05, 0) is 0 Å². The zero-order valence-corrected chi connectivity index (χ0v) is 10.00. The van der Waals surface area contributed by atoms with Gasteiger partial charge in [-0.15, -0.1) is 0 Å². The number of nitrogens with one attached hydrogen (secondary N) is 3. The molecule has 2 rings (SSSR count). The molecule has 2 aliphatic heterocycles. The Morgan fingerprint density at radius 2 is 1.56 bits per heavy atom. The second-order valence-corrected chi connectivity index (χ2v) is 4.03. The van der Waals surface area contributed by atoms with Crippen molar-refractivity contribution >= 4 is 0 Å². The van der Waals surface area contributed by atoms with Gasteiger partial charge in [-0.2, -0.15) is 0 Å². The molecule has 96 valence electrons. The van der Waals surface area contributed by atoms with E-state index in [1.807, 2.05) is 6.92 Å². The Bertz CT molecular complexity index is 174. The van der Waals surface area contributed by atoms with Crippen LogP contribution in [0, 0.1) is 0 Å². The van der Waals surface area contributed by atoms with Gasteiger partial charge in [-0.25, -0.2) is 0 Å². The van der Waals surface area contributed by atoms with E-state index in [2.05, 4.69) is 16.0 Å². The lowest BCUT2D eigenvalue weighted by atomic mass is 10.3. The highest BCUT2D eigenvalue weighted by Crippen LogP contribution is 2.08. The normalized spacial score (nSPS) is 25.7. The van der Waals surface area contributed by atoms with Crippen LogP contribution in [0.5, 0.6) is 0 Å². The van der Waals surface area contributed by atoms with E-state index in [1.165, 1.54) is 0 Å². The zero-order chi connectivity index (χ0) is 11.9. The summed E-state index contributed by atoms with van der Waals surface area (Å²) in [6.07, 6.45) is 0. The van der Waals surface area contributed by atoms with Crippen LogP contribution < -0.4 is 16.0 Å². The van der Waals surface area contributed by atoms with Gasteiger partial charge in [0.15, 0.2) is 0 Å². The van der Waals surface area contributed by atoms with Crippen LogP contribution in [0.1, 0.15) is 6.92 Å². The van der Waals surface area contributed by atoms with Crippen LogP contribution in [0.15, 0.2) is 0 Å². The van der Waals surface area contributed by atoms with E-state index in [4.69, 9.17) is 0 Å². The van der Waals surface area contributed by atoms with E-state index < -0.39 is 5.91 Å². The summed E-state index contributed by atoms with van der Waals surface area (Å²) in [5, 5.41) is 27.8. The van der Waals surface area contributed by atoms with E-state index in [0.717, 1.165) is 32.7 Å². The smallest absolute Gasteiger partial charge is 0.238 e. The molecule has 0 amide bonds. The summed E-state index contributed by atoms with van der Waals surface area (Å²) in [5.41, 5.74) is 0. The number of hydrogen-bond donors (Lipinski definition) is 5. The Labute approximate surface area is 97.0 Å². The topological polar surface area (TPSA) is 79.8 Å². The van der Waals surface area contributed by atoms with Crippen LogP contribution in [-0.4, -0.2) is 73.4 Å². The third kappa shape index (κ3) is 4.73. The van der Waals surface area contributed by atoms with Crippen molar-refractivity contribution in [3.63, 3.8) is 0 Å². The van der Waals surface area contributed by atoms with Gasteiger partial charge in [0.1, 0.15) is 0 Å². The van der Waals surface area contributed by atoms with Crippen LogP contribution in [0.3, 0.4) is 0 Å². The second kappa shape index (κ2) is 7.16.